The Morgan fingerprint density at radius 1 is 0.953 bits per heavy atom. The summed E-state index contributed by atoms with van der Waals surface area (Å²) in [5.41, 5.74) is 5.11. The summed E-state index contributed by atoms with van der Waals surface area (Å²) in [7, 11) is 0. The van der Waals surface area contributed by atoms with E-state index in [0.29, 0.717) is 46.6 Å². The van der Waals surface area contributed by atoms with Crippen LogP contribution in [0.25, 0.3) is 0 Å². The summed E-state index contributed by atoms with van der Waals surface area (Å²) in [6.07, 6.45) is 2.75. The molecule has 2 atom stereocenters. The molecule has 9 heteroatoms. The summed E-state index contributed by atoms with van der Waals surface area (Å²) in [6.45, 7) is 8.58. The Hall–Kier alpha value is -3.26. The second-order valence-corrected chi connectivity index (χ2v) is 12.3. The molecule has 2 aliphatic rings. The van der Waals surface area contributed by atoms with E-state index in [0.717, 1.165) is 24.9 Å². The van der Waals surface area contributed by atoms with Gasteiger partial charge in [0.05, 0.1) is 16.0 Å². The Labute approximate surface area is 263 Å². The molecule has 43 heavy (non-hydrogen) atoms. The highest BCUT2D eigenvalue weighted by atomic mass is 35.5. The number of carbonyl (C=O) groups excluding carboxylic acids is 2. The Bertz CT molecular complexity index is 1440. The van der Waals surface area contributed by atoms with E-state index in [1.54, 1.807) is 36.4 Å². The van der Waals surface area contributed by atoms with E-state index in [9.17, 15) is 9.59 Å². The Morgan fingerprint density at radius 2 is 1.65 bits per heavy atom. The molecule has 1 saturated heterocycles. The van der Waals surface area contributed by atoms with Crippen molar-refractivity contribution in [1.82, 2.24) is 15.5 Å². The molecule has 3 aromatic rings. The number of amides is 2. The van der Waals surface area contributed by atoms with E-state index in [4.69, 9.17) is 32.7 Å². The van der Waals surface area contributed by atoms with E-state index < -0.39 is 0 Å². The standard InChI is InChI=1S/C34H39Cl2N3O4/c1-21-17-29(35)32(30(36)18-21)43-16-15-42-27-11-7-24(8-12-27)33(40)38-31-13-14-37-19-28(31)34(41)39(26-9-10-26)20-25-6-4-5-22(2)23(25)3/h4-8,11-12,17-18,26,28,31,37H,9-10,13-16,19-20H2,1-3H3,(H,38,40)/t28?,31-/m1/s1. The summed E-state index contributed by atoms with van der Waals surface area (Å²) < 4.78 is 11.5. The van der Waals surface area contributed by atoms with Gasteiger partial charge in [0.15, 0.2) is 5.75 Å². The van der Waals surface area contributed by atoms with Crippen LogP contribution in [0.2, 0.25) is 10.0 Å². The molecule has 0 bridgehead atoms. The third kappa shape index (κ3) is 7.83. The van der Waals surface area contributed by atoms with Gasteiger partial charge in [0.2, 0.25) is 5.91 Å². The maximum Gasteiger partial charge on any atom is 0.251 e. The Kier molecular flexibility index (Phi) is 10.2. The highest BCUT2D eigenvalue weighted by Gasteiger charge is 2.40. The summed E-state index contributed by atoms with van der Waals surface area (Å²) in [5.74, 6) is 0.643. The lowest BCUT2D eigenvalue weighted by Crippen LogP contribution is -2.55. The third-order valence-electron chi connectivity index (χ3n) is 8.30. The second-order valence-electron chi connectivity index (χ2n) is 11.5. The quantitative estimate of drug-likeness (QED) is 0.246. The van der Waals surface area contributed by atoms with Gasteiger partial charge < -0.3 is 25.0 Å². The number of rotatable bonds is 11. The van der Waals surface area contributed by atoms with Crippen LogP contribution in [0, 0.1) is 26.7 Å². The van der Waals surface area contributed by atoms with Crippen molar-refractivity contribution in [3.63, 3.8) is 0 Å². The molecule has 0 aromatic heterocycles. The monoisotopic (exact) mass is 623 g/mol. The Morgan fingerprint density at radius 3 is 2.35 bits per heavy atom. The van der Waals surface area contributed by atoms with Gasteiger partial charge in [-0.1, -0.05) is 41.4 Å². The van der Waals surface area contributed by atoms with E-state index in [1.807, 2.05) is 11.8 Å². The second kappa shape index (κ2) is 14.0. The molecule has 2 amide bonds. The minimum Gasteiger partial charge on any atom is -0.490 e. The van der Waals surface area contributed by atoms with Crippen LogP contribution in [0.1, 0.15) is 51.9 Å². The SMILES string of the molecule is Cc1cc(Cl)c(OCCOc2ccc(C(=O)N[C@@H]3CCNCC3C(=O)N(Cc3cccc(C)c3C)C3CC3)cc2)c(Cl)c1. The maximum absolute atomic E-state index is 13.9. The molecule has 0 spiro atoms. The number of ether oxygens (including phenoxy) is 2. The van der Waals surface area contributed by atoms with Gasteiger partial charge in [-0.05, 0) is 105 Å². The Balaban J connectivity index is 1.16. The summed E-state index contributed by atoms with van der Waals surface area (Å²) in [5, 5.41) is 7.44. The first-order valence-corrected chi connectivity index (χ1v) is 15.7. The molecule has 2 N–H and O–H groups in total. The summed E-state index contributed by atoms with van der Waals surface area (Å²) in [6, 6.07) is 16.9. The minimum atomic E-state index is -0.318. The lowest BCUT2D eigenvalue weighted by molar-refractivity contribution is -0.138. The fraction of sp³-hybridized carbons (Fsp3) is 0.412. The molecular weight excluding hydrogens is 585 g/mol. The zero-order chi connectivity index (χ0) is 30.5. The van der Waals surface area contributed by atoms with Crippen LogP contribution in [0.3, 0.4) is 0 Å². The largest absolute Gasteiger partial charge is 0.490 e. The first-order chi connectivity index (χ1) is 20.7. The number of hydrogen-bond donors (Lipinski definition) is 2. The van der Waals surface area contributed by atoms with Crippen molar-refractivity contribution >= 4 is 35.0 Å². The first kappa shape index (κ1) is 31.2. The van der Waals surface area contributed by atoms with Crippen LogP contribution in [0.4, 0.5) is 0 Å². The number of nitrogens with zero attached hydrogens (tertiary/aromatic N) is 1. The predicted octanol–water partition coefficient (Wildman–Crippen LogP) is 6.28. The molecule has 3 aromatic carbocycles. The van der Waals surface area contributed by atoms with Crippen molar-refractivity contribution in [3.8, 4) is 11.5 Å². The molecule has 1 saturated carbocycles. The van der Waals surface area contributed by atoms with E-state index >= 15 is 0 Å². The van der Waals surface area contributed by atoms with Gasteiger partial charge in [-0.15, -0.1) is 0 Å². The van der Waals surface area contributed by atoms with Crippen LogP contribution < -0.4 is 20.1 Å². The predicted molar refractivity (Wildman–Crippen MR) is 170 cm³/mol. The normalized spacial score (nSPS) is 18.2. The molecule has 1 aliphatic heterocycles. The van der Waals surface area contributed by atoms with Crippen LogP contribution in [0.15, 0.2) is 54.6 Å². The van der Waals surface area contributed by atoms with Crippen molar-refractivity contribution in [2.75, 3.05) is 26.3 Å². The molecule has 7 nitrogen and oxygen atoms in total. The van der Waals surface area contributed by atoms with Crippen LogP contribution in [0.5, 0.6) is 11.5 Å². The van der Waals surface area contributed by atoms with Gasteiger partial charge in [-0.3, -0.25) is 9.59 Å². The van der Waals surface area contributed by atoms with E-state index in [1.165, 1.54) is 16.7 Å². The van der Waals surface area contributed by atoms with Gasteiger partial charge >= 0.3 is 0 Å². The number of nitrogens with one attached hydrogen (secondary N) is 2. The maximum atomic E-state index is 13.9. The molecule has 1 unspecified atom stereocenters. The zero-order valence-corrected chi connectivity index (χ0v) is 26.4. The van der Waals surface area contributed by atoms with Gasteiger partial charge in [0, 0.05) is 30.7 Å². The number of carbonyl (C=O) groups is 2. The highest BCUT2D eigenvalue weighted by molar-refractivity contribution is 6.37. The van der Waals surface area contributed by atoms with E-state index in [2.05, 4.69) is 42.7 Å². The fourth-order valence-corrected chi connectivity index (χ4v) is 6.23. The number of halogens is 2. The topological polar surface area (TPSA) is 79.9 Å². The summed E-state index contributed by atoms with van der Waals surface area (Å²) in [4.78, 5) is 29.2. The average molecular weight is 625 g/mol. The van der Waals surface area contributed by atoms with Crippen molar-refractivity contribution in [2.45, 2.75) is 58.7 Å². The highest BCUT2D eigenvalue weighted by Crippen LogP contribution is 2.34. The van der Waals surface area contributed by atoms with Gasteiger partial charge in [-0.25, -0.2) is 0 Å². The molecule has 5 rings (SSSR count). The third-order valence-corrected chi connectivity index (χ3v) is 8.86. The van der Waals surface area contributed by atoms with Crippen LogP contribution in [-0.4, -0.2) is 55.1 Å². The molecular formula is C34H39Cl2N3O4. The van der Waals surface area contributed by atoms with Gasteiger partial charge in [-0.2, -0.15) is 0 Å². The van der Waals surface area contributed by atoms with Crippen molar-refractivity contribution in [1.29, 1.82) is 0 Å². The lowest BCUT2D eigenvalue weighted by Gasteiger charge is -2.36. The lowest BCUT2D eigenvalue weighted by atomic mass is 9.91. The van der Waals surface area contributed by atoms with Crippen molar-refractivity contribution < 1.29 is 19.1 Å². The van der Waals surface area contributed by atoms with E-state index in [-0.39, 0.29) is 43.0 Å². The molecule has 228 valence electrons. The number of piperidine rings is 1. The van der Waals surface area contributed by atoms with Gasteiger partial charge in [0.25, 0.3) is 5.91 Å². The van der Waals surface area contributed by atoms with Crippen molar-refractivity contribution in [3.05, 3.63) is 92.5 Å². The minimum absolute atomic E-state index is 0.111. The smallest absolute Gasteiger partial charge is 0.251 e. The first-order valence-electron chi connectivity index (χ1n) is 14.9. The zero-order valence-electron chi connectivity index (χ0n) is 24.9. The van der Waals surface area contributed by atoms with Crippen molar-refractivity contribution in [2.24, 2.45) is 5.92 Å². The summed E-state index contributed by atoms with van der Waals surface area (Å²) >= 11 is 12.5. The molecule has 1 aliphatic carbocycles. The molecule has 0 radical (unpaired) electrons. The van der Waals surface area contributed by atoms with Crippen LogP contribution >= 0.6 is 23.2 Å². The molecule has 2 fully saturated rings. The number of hydrogen-bond acceptors (Lipinski definition) is 5. The number of benzene rings is 3. The fourth-order valence-electron chi connectivity index (χ4n) is 5.53. The number of aryl methyl sites for hydroxylation is 2. The van der Waals surface area contributed by atoms with Gasteiger partial charge in [0.1, 0.15) is 19.0 Å². The average Bonchev–Trinajstić information content (AvgIpc) is 3.83. The molecule has 1 heterocycles. The van der Waals surface area contributed by atoms with Crippen LogP contribution in [-0.2, 0) is 11.3 Å².